The van der Waals surface area contributed by atoms with Gasteiger partial charge in [-0.2, -0.15) is 5.10 Å². The van der Waals surface area contributed by atoms with Gasteiger partial charge in [-0.15, -0.1) is 0 Å². The molecule has 8 heteroatoms. The molecular formula is C20H26N6O2. The van der Waals surface area contributed by atoms with Crippen LogP contribution in [0.5, 0.6) is 0 Å². The van der Waals surface area contributed by atoms with Crippen LogP contribution in [0.2, 0.25) is 0 Å². The van der Waals surface area contributed by atoms with Gasteiger partial charge in [-0.05, 0) is 25.0 Å². The number of piperidine rings is 1. The minimum Gasteiger partial charge on any atom is -0.348 e. The number of amides is 2. The Bertz CT molecular complexity index is 826. The third kappa shape index (κ3) is 4.40. The van der Waals surface area contributed by atoms with Crippen LogP contribution in [0.1, 0.15) is 34.6 Å². The predicted octanol–water partition coefficient (Wildman–Crippen LogP) is 0.888. The van der Waals surface area contributed by atoms with Crippen LogP contribution in [0.3, 0.4) is 0 Å². The van der Waals surface area contributed by atoms with Gasteiger partial charge < -0.3 is 16.0 Å². The lowest BCUT2D eigenvalue weighted by Crippen LogP contribution is -2.46. The van der Waals surface area contributed by atoms with E-state index in [9.17, 15) is 9.59 Å². The number of hydrogen-bond acceptors (Lipinski definition) is 5. The molecule has 0 bridgehead atoms. The van der Waals surface area contributed by atoms with Crippen LogP contribution in [0.4, 0.5) is 5.69 Å². The van der Waals surface area contributed by atoms with E-state index in [1.54, 1.807) is 0 Å². The minimum atomic E-state index is -0.110. The highest BCUT2D eigenvalue weighted by Crippen LogP contribution is 2.17. The lowest BCUT2D eigenvalue weighted by Gasteiger charge is -2.31. The molecule has 4 N–H and O–H groups in total. The summed E-state index contributed by atoms with van der Waals surface area (Å²) in [6.45, 7) is 3.53. The largest absolute Gasteiger partial charge is 0.348 e. The number of rotatable bonds is 5. The number of hydrogen-bond donors (Lipinski definition) is 4. The summed E-state index contributed by atoms with van der Waals surface area (Å²) < 4.78 is 0. The van der Waals surface area contributed by atoms with E-state index >= 15 is 0 Å². The van der Waals surface area contributed by atoms with Crippen molar-refractivity contribution in [2.45, 2.75) is 31.8 Å². The molecule has 1 saturated heterocycles. The maximum absolute atomic E-state index is 12.6. The van der Waals surface area contributed by atoms with Crippen LogP contribution in [0.15, 0.2) is 30.3 Å². The fraction of sp³-hybridized carbons (Fsp3) is 0.450. The van der Waals surface area contributed by atoms with Crippen LogP contribution in [-0.2, 0) is 17.8 Å². The number of H-pyrrole nitrogens is 1. The van der Waals surface area contributed by atoms with Crippen LogP contribution in [0.25, 0.3) is 0 Å². The van der Waals surface area contributed by atoms with Gasteiger partial charge in [0, 0.05) is 55.6 Å². The number of benzene rings is 1. The first kappa shape index (κ1) is 18.6. The van der Waals surface area contributed by atoms with Crippen molar-refractivity contribution in [2.24, 2.45) is 0 Å². The molecule has 1 aromatic heterocycles. The topological polar surface area (TPSA) is 102 Å². The molecule has 0 aliphatic carbocycles. The van der Waals surface area contributed by atoms with Crippen molar-refractivity contribution in [1.29, 1.82) is 0 Å². The molecule has 0 spiro atoms. The zero-order valence-corrected chi connectivity index (χ0v) is 15.8. The van der Waals surface area contributed by atoms with E-state index in [1.807, 2.05) is 30.3 Å². The fourth-order valence-electron chi connectivity index (χ4n) is 3.83. The molecule has 8 nitrogen and oxygen atoms in total. The summed E-state index contributed by atoms with van der Waals surface area (Å²) in [6, 6.07) is 9.59. The molecule has 0 atom stereocenters. The first-order chi connectivity index (χ1) is 13.7. The van der Waals surface area contributed by atoms with Crippen molar-refractivity contribution >= 4 is 17.5 Å². The Morgan fingerprint density at radius 1 is 1.18 bits per heavy atom. The molecule has 4 rings (SSSR count). The van der Waals surface area contributed by atoms with Crippen LogP contribution in [-0.4, -0.2) is 59.1 Å². The van der Waals surface area contributed by atoms with E-state index in [-0.39, 0.29) is 17.9 Å². The average molecular weight is 382 g/mol. The van der Waals surface area contributed by atoms with Gasteiger partial charge in [0.15, 0.2) is 5.69 Å². The number of para-hydroxylation sites is 1. The van der Waals surface area contributed by atoms with Gasteiger partial charge in [0.05, 0.1) is 6.54 Å². The standard InChI is InChI=1S/C20H26N6O2/c27-18(22-14-4-2-1-3-5-14)13-26-10-7-15(8-11-26)23-20(28)19-16-12-21-9-6-17(16)24-25-19/h1-5,15,21H,6-13H2,(H,22,27)(H,23,28)(H,24,25). The maximum atomic E-state index is 12.6. The Morgan fingerprint density at radius 2 is 1.96 bits per heavy atom. The maximum Gasteiger partial charge on any atom is 0.272 e. The second kappa shape index (κ2) is 8.53. The summed E-state index contributed by atoms with van der Waals surface area (Å²) in [5.74, 6) is -0.120. The van der Waals surface area contributed by atoms with E-state index in [2.05, 4.69) is 31.0 Å². The summed E-state index contributed by atoms with van der Waals surface area (Å²) in [6.07, 6.45) is 2.53. The fourth-order valence-corrected chi connectivity index (χ4v) is 3.83. The third-order valence-corrected chi connectivity index (χ3v) is 5.37. The van der Waals surface area contributed by atoms with E-state index in [0.29, 0.717) is 18.8 Å². The van der Waals surface area contributed by atoms with Gasteiger partial charge >= 0.3 is 0 Å². The van der Waals surface area contributed by atoms with Crippen molar-refractivity contribution in [3.05, 3.63) is 47.3 Å². The first-order valence-electron chi connectivity index (χ1n) is 9.84. The van der Waals surface area contributed by atoms with Gasteiger partial charge in [-0.1, -0.05) is 18.2 Å². The van der Waals surface area contributed by atoms with E-state index in [0.717, 1.165) is 55.8 Å². The van der Waals surface area contributed by atoms with E-state index in [1.165, 1.54) is 0 Å². The molecule has 3 heterocycles. The van der Waals surface area contributed by atoms with Crippen LogP contribution < -0.4 is 16.0 Å². The highest BCUT2D eigenvalue weighted by atomic mass is 16.2. The molecule has 28 heavy (non-hydrogen) atoms. The summed E-state index contributed by atoms with van der Waals surface area (Å²) >= 11 is 0. The molecule has 2 aliphatic rings. The van der Waals surface area contributed by atoms with Gasteiger partial charge in [-0.3, -0.25) is 19.6 Å². The highest BCUT2D eigenvalue weighted by Gasteiger charge is 2.26. The quantitative estimate of drug-likeness (QED) is 0.615. The summed E-state index contributed by atoms with van der Waals surface area (Å²) in [5, 5.41) is 16.5. The third-order valence-electron chi connectivity index (χ3n) is 5.37. The predicted molar refractivity (Wildman–Crippen MR) is 106 cm³/mol. The number of likely N-dealkylation sites (tertiary alicyclic amines) is 1. The van der Waals surface area contributed by atoms with E-state index in [4.69, 9.17) is 0 Å². The Kier molecular flexibility index (Phi) is 5.68. The van der Waals surface area contributed by atoms with Crippen LogP contribution in [0, 0.1) is 0 Å². The molecule has 0 unspecified atom stereocenters. The van der Waals surface area contributed by atoms with Crippen molar-refractivity contribution in [3.8, 4) is 0 Å². The molecular weight excluding hydrogens is 356 g/mol. The molecule has 148 valence electrons. The lowest BCUT2D eigenvalue weighted by atomic mass is 10.0. The van der Waals surface area contributed by atoms with Crippen molar-refractivity contribution in [1.82, 2.24) is 25.7 Å². The molecule has 1 aromatic carbocycles. The van der Waals surface area contributed by atoms with Crippen molar-refractivity contribution < 1.29 is 9.59 Å². The first-order valence-corrected chi connectivity index (χ1v) is 9.84. The molecule has 1 fully saturated rings. The van der Waals surface area contributed by atoms with E-state index < -0.39 is 0 Å². The summed E-state index contributed by atoms with van der Waals surface area (Å²) in [5.41, 5.74) is 3.36. The highest BCUT2D eigenvalue weighted by molar-refractivity contribution is 5.94. The second-order valence-corrected chi connectivity index (χ2v) is 7.39. The number of carbonyl (C=O) groups excluding carboxylic acids is 2. The molecule has 0 saturated carbocycles. The zero-order chi connectivity index (χ0) is 19.3. The molecule has 2 aliphatic heterocycles. The number of aromatic amines is 1. The number of aromatic nitrogens is 2. The van der Waals surface area contributed by atoms with Gasteiger partial charge in [0.2, 0.25) is 5.91 Å². The van der Waals surface area contributed by atoms with Gasteiger partial charge in [-0.25, -0.2) is 0 Å². The van der Waals surface area contributed by atoms with Crippen molar-refractivity contribution in [3.63, 3.8) is 0 Å². The minimum absolute atomic E-state index is 0.00987. The Morgan fingerprint density at radius 3 is 2.75 bits per heavy atom. The summed E-state index contributed by atoms with van der Waals surface area (Å²) in [4.78, 5) is 26.9. The van der Waals surface area contributed by atoms with Gasteiger partial charge in [0.1, 0.15) is 0 Å². The second-order valence-electron chi connectivity index (χ2n) is 7.39. The van der Waals surface area contributed by atoms with Gasteiger partial charge in [0.25, 0.3) is 5.91 Å². The normalized spacial score (nSPS) is 17.7. The Hall–Kier alpha value is -2.71. The van der Waals surface area contributed by atoms with Crippen molar-refractivity contribution in [2.75, 3.05) is 31.5 Å². The number of fused-ring (bicyclic) bond motifs is 1. The molecule has 2 amide bonds. The van der Waals surface area contributed by atoms with Crippen LogP contribution >= 0.6 is 0 Å². The average Bonchev–Trinajstić information content (AvgIpc) is 3.14. The number of nitrogens with one attached hydrogen (secondary N) is 4. The number of carbonyl (C=O) groups is 2. The monoisotopic (exact) mass is 382 g/mol. The summed E-state index contributed by atoms with van der Waals surface area (Å²) in [7, 11) is 0. The smallest absolute Gasteiger partial charge is 0.272 e. The zero-order valence-electron chi connectivity index (χ0n) is 15.8. The Labute approximate surface area is 164 Å². The molecule has 0 radical (unpaired) electrons. The lowest BCUT2D eigenvalue weighted by molar-refractivity contribution is -0.117. The number of nitrogens with zero attached hydrogens (tertiary/aromatic N) is 2. The molecule has 2 aromatic rings. The SMILES string of the molecule is O=C(CN1CCC(NC(=O)c2n[nH]c3c2CNCC3)CC1)Nc1ccccc1. The Balaban J connectivity index is 1.23. The number of anilines is 1.